The smallest absolute Gasteiger partial charge is 0.324 e. The highest BCUT2D eigenvalue weighted by Crippen LogP contribution is 2.37. The summed E-state index contributed by atoms with van der Waals surface area (Å²) < 4.78 is 30.3. The van der Waals surface area contributed by atoms with E-state index >= 15 is 0 Å². The quantitative estimate of drug-likeness (QED) is 0.492. The highest BCUT2D eigenvalue weighted by molar-refractivity contribution is 7.52. The molecule has 124 valence electrons. The van der Waals surface area contributed by atoms with Gasteiger partial charge in [-0.05, 0) is 12.3 Å². The van der Waals surface area contributed by atoms with Crippen molar-refractivity contribution in [2.24, 2.45) is 5.92 Å². The zero-order valence-corrected chi connectivity index (χ0v) is 15.0. The van der Waals surface area contributed by atoms with Crippen molar-refractivity contribution in [2.45, 2.75) is 46.5 Å². The summed E-state index contributed by atoms with van der Waals surface area (Å²) in [6.07, 6.45) is 4.30. The first-order chi connectivity index (χ1) is 8.98. The van der Waals surface area contributed by atoms with Crippen LogP contribution in [0.4, 0.5) is 0 Å². The first-order valence-corrected chi connectivity index (χ1v) is 10.9. The minimum absolute atomic E-state index is 0.311. The Morgan fingerprint density at radius 1 is 0.950 bits per heavy atom. The Balaban J connectivity index is 0. The van der Waals surface area contributed by atoms with Crippen molar-refractivity contribution in [3.63, 3.8) is 0 Å². The van der Waals surface area contributed by atoms with E-state index in [1.807, 2.05) is 13.8 Å². The van der Waals surface area contributed by atoms with Gasteiger partial charge in [-0.1, -0.05) is 40.0 Å². The molecule has 2 atom stereocenters. The summed E-state index contributed by atoms with van der Waals surface area (Å²) in [6.45, 7) is 9.14. The van der Waals surface area contributed by atoms with Crippen molar-refractivity contribution in [2.75, 3.05) is 26.5 Å². The van der Waals surface area contributed by atoms with Gasteiger partial charge < -0.3 is 18.8 Å². The zero-order chi connectivity index (χ0) is 16.2. The Morgan fingerprint density at radius 2 is 1.45 bits per heavy atom. The topological polar surface area (TPSA) is 93.1 Å². The molecule has 20 heavy (non-hydrogen) atoms. The lowest BCUT2D eigenvalue weighted by Crippen LogP contribution is -1.98. The second-order valence-corrected chi connectivity index (χ2v) is 8.92. The molecule has 0 saturated carbocycles. The van der Waals surface area contributed by atoms with Crippen LogP contribution in [0, 0.1) is 5.92 Å². The van der Waals surface area contributed by atoms with Crippen LogP contribution in [0.2, 0.25) is 0 Å². The van der Waals surface area contributed by atoms with Gasteiger partial charge in [0.1, 0.15) is 0 Å². The Morgan fingerprint density at radius 3 is 1.75 bits per heavy atom. The van der Waals surface area contributed by atoms with E-state index in [9.17, 15) is 9.13 Å². The summed E-state index contributed by atoms with van der Waals surface area (Å²) in [6, 6.07) is 0. The van der Waals surface area contributed by atoms with E-state index in [1.54, 1.807) is 0 Å². The molecule has 8 heteroatoms. The minimum Gasteiger partial charge on any atom is -0.324 e. The molecule has 0 aliphatic rings. The van der Waals surface area contributed by atoms with Crippen LogP contribution in [0.15, 0.2) is 0 Å². The number of unbranched alkanes of at least 4 members (excludes halogenated alkanes) is 3. The fraction of sp³-hybridized carbons (Fsp3) is 1.00. The fourth-order valence-corrected chi connectivity index (χ4v) is 2.09. The Labute approximate surface area is 123 Å². The molecule has 0 aliphatic heterocycles. The normalized spacial score (nSPS) is 17.0. The van der Waals surface area contributed by atoms with Crippen LogP contribution in [-0.2, 0) is 18.2 Å². The van der Waals surface area contributed by atoms with E-state index in [4.69, 9.17) is 9.79 Å². The molecule has 0 fully saturated rings. The molecule has 0 radical (unpaired) electrons. The molecule has 0 aliphatic carbocycles. The van der Waals surface area contributed by atoms with Gasteiger partial charge in [0.05, 0.1) is 13.2 Å². The minimum atomic E-state index is -3.22. The van der Waals surface area contributed by atoms with Crippen molar-refractivity contribution in [3.05, 3.63) is 0 Å². The number of hydrogen-bond acceptors (Lipinski definition) is 4. The molecular weight excluding hydrogens is 302 g/mol. The molecule has 2 N–H and O–H groups in total. The average molecular weight is 332 g/mol. The second-order valence-electron chi connectivity index (χ2n) is 5.19. The zero-order valence-electron chi connectivity index (χ0n) is 13.2. The summed E-state index contributed by atoms with van der Waals surface area (Å²) in [5.41, 5.74) is 0. The summed E-state index contributed by atoms with van der Waals surface area (Å²) in [5.74, 6) is 0.311. The molecule has 0 rings (SSSR count). The highest BCUT2D eigenvalue weighted by atomic mass is 31.2. The van der Waals surface area contributed by atoms with Crippen LogP contribution >= 0.6 is 15.2 Å². The SMILES string of the molecule is CC(C)COP(C)(=O)O.CCCCCCOP(C)(=O)O. The molecule has 0 heterocycles. The van der Waals surface area contributed by atoms with E-state index in [2.05, 4.69) is 16.0 Å². The van der Waals surface area contributed by atoms with Crippen LogP contribution in [0.5, 0.6) is 0 Å². The Hall–Kier alpha value is 0.300. The van der Waals surface area contributed by atoms with Gasteiger partial charge in [-0.15, -0.1) is 0 Å². The van der Waals surface area contributed by atoms with Crippen LogP contribution < -0.4 is 0 Å². The third kappa shape index (κ3) is 26.8. The van der Waals surface area contributed by atoms with Crippen molar-refractivity contribution >= 4 is 15.2 Å². The summed E-state index contributed by atoms with van der Waals surface area (Å²) in [7, 11) is -6.43. The maximum Gasteiger partial charge on any atom is 0.325 e. The van der Waals surface area contributed by atoms with Gasteiger partial charge in [0.15, 0.2) is 0 Å². The molecule has 0 saturated heterocycles. The molecular formula is C12H30O6P2. The molecule has 0 aromatic heterocycles. The van der Waals surface area contributed by atoms with Crippen molar-refractivity contribution in [1.29, 1.82) is 0 Å². The number of hydrogen-bond donors (Lipinski definition) is 2. The van der Waals surface area contributed by atoms with Crippen molar-refractivity contribution < 1.29 is 28.0 Å². The lowest BCUT2D eigenvalue weighted by Gasteiger charge is -2.07. The Bertz CT molecular complexity index is 307. The highest BCUT2D eigenvalue weighted by Gasteiger charge is 2.09. The molecule has 6 nitrogen and oxygen atoms in total. The standard InChI is InChI=1S/C7H17O3P.C5H13O3P/c1-3-4-5-6-7-10-11(2,8)9;1-5(2)4-8-9(3,6)7/h3-7H2,1-2H3,(H,8,9);5H,4H2,1-3H3,(H,6,7). The van der Waals surface area contributed by atoms with Crippen LogP contribution in [0.1, 0.15) is 46.5 Å². The van der Waals surface area contributed by atoms with Gasteiger partial charge in [-0.25, -0.2) is 0 Å². The first kappa shape index (κ1) is 22.6. The first-order valence-electron chi connectivity index (χ1n) is 6.87. The lowest BCUT2D eigenvalue weighted by atomic mass is 10.2. The number of rotatable bonds is 9. The third-order valence-electron chi connectivity index (χ3n) is 1.98. The van der Waals surface area contributed by atoms with E-state index in [0.29, 0.717) is 19.1 Å². The van der Waals surface area contributed by atoms with Gasteiger partial charge in [-0.3, -0.25) is 9.13 Å². The average Bonchev–Trinajstić information content (AvgIpc) is 2.25. The van der Waals surface area contributed by atoms with E-state index in [0.717, 1.165) is 12.8 Å². The van der Waals surface area contributed by atoms with Crippen LogP contribution in [0.25, 0.3) is 0 Å². The lowest BCUT2D eigenvalue weighted by molar-refractivity contribution is 0.233. The predicted molar refractivity (Wildman–Crippen MR) is 82.4 cm³/mol. The fourth-order valence-electron chi connectivity index (χ4n) is 1.05. The maximum absolute atomic E-state index is 10.6. The molecule has 0 amide bonds. The van der Waals surface area contributed by atoms with Gasteiger partial charge in [0.25, 0.3) is 0 Å². The van der Waals surface area contributed by atoms with Gasteiger partial charge in [0, 0.05) is 13.3 Å². The van der Waals surface area contributed by atoms with Gasteiger partial charge in [-0.2, -0.15) is 0 Å². The van der Waals surface area contributed by atoms with Gasteiger partial charge >= 0.3 is 15.2 Å². The molecule has 0 aromatic carbocycles. The van der Waals surface area contributed by atoms with E-state index in [1.165, 1.54) is 26.2 Å². The Kier molecular flexibility index (Phi) is 13.4. The van der Waals surface area contributed by atoms with Crippen LogP contribution in [0.3, 0.4) is 0 Å². The molecule has 2 unspecified atom stereocenters. The monoisotopic (exact) mass is 332 g/mol. The molecule has 0 bridgehead atoms. The molecule has 0 spiro atoms. The maximum atomic E-state index is 10.6. The molecule has 0 aromatic rings. The predicted octanol–water partition coefficient (Wildman–Crippen LogP) is 3.87. The largest absolute Gasteiger partial charge is 0.325 e. The summed E-state index contributed by atoms with van der Waals surface area (Å²) >= 11 is 0. The van der Waals surface area contributed by atoms with Crippen molar-refractivity contribution in [3.8, 4) is 0 Å². The van der Waals surface area contributed by atoms with Crippen molar-refractivity contribution in [1.82, 2.24) is 0 Å². The van der Waals surface area contributed by atoms with E-state index in [-0.39, 0.29) is 0 Å². The van der Waals surface area contributed by atoms with Crippen LogP contribution in [-0.4, -0.2) is 36.3 Å². The summed E-state index contributed by atoms with van der Waals surface area (Å²) in [4.78, 5) is 17.3. The third-order valence-corrected chi connectivity index (χ3v) is 3.27. The summed E-state index contributed by atoms with van der Waals surface area (Å²) in [5, 5.41) is 0. The second kappa shape index (κ2) is 11.9. The van der Waals surface area contributed by atoms with Gasteiger partial charge in [0.2, 0.25) is 0 Å². The van der Waals surface area contributed by atoms with E-state index < -0.39 is 15.2 Å².